The minimum Gasteiger partial charge on any atom is -0.464 e. The number of aryl methyl sites for hydroxylation is 2. The number of amides is 2. The Morgan fingerprint density at radius 3 is 2.54 bits per heavy atom. The second-order valence-electron chi connectivity index (χ2n) is 10.0. The van der Waals surface area contributed by atoms with E-state index >= 15 is 0 Å². The third-order valence-corrected chi connectivity index (χ3v) is 7.08. The molecule has 2 fully saturated rings. The topological polar surface area (TPSA) is 115 Å². The Bertz CT molecular complexity index is 1210. The van der Waals surface area contributed by atoms with Gasteiger partial charge in [-0.25, -0.2) is 0 Å². The number of nitrogens with one attached hydrogen (secondary N) is 1. The summed E-state index contributed by atoms with van der Waals surface area (Å²) < 4.78 is 11.8. The quantitative estimate of drug-likeness (QED) is 0.473. The Hall–Kier alpha value is -3.53. The van der Waals surface area contributed by atoms with E-state index < -0.39 is 6.04 Å². The number of rotatable bonds is 9. The normalized spacial score (nSPS) is 18.7. The lowest BCUT2D eigenvalue weighted by Gasteiger charge is -2.32. The average Bonchev–Trinajstić information content (AvgIpc) is 3.69. The van der Waals surface area contributed by atoms with E-state index in [1.165, 1.54) is 4.80 Å². The molecule has 0 bridgehead atoms. The van der Waals surface area contributed by atoms with Gasteiger partial charge in [0.05, 0.1) is 6.10 Å². The highest BCUT2D eigenvalue weighted by molar-refractivity contribution is 5.88. The van der Waals surface area contributed by atoms with E-state index in [0.29, 0.717) is 24.0 Å². The van der Waals surface area contributed by atoms with Gasteiger partial charge in [0.2, 0.25) is 11.7 Å². The molecule has 1 aromatic carbocycles. The fourth-order valence-corrected chi connectivity index (χ4v) is 5.07. The highest BCUT2D eigenvalue weighted by Crippen LogP contribution is 2.28. The predicted octanol–water partition coefficient (Wildman–Crippen LogP) is 3.36. The monoisotopic (exact) mass is 506 g/mol. The summed E-state index contributed by atoms with van der Waals surface area (Å²) in [5.74, 6) is 1.02. The predicted molar refractivity (Wildman–Crippen MR) is 135 cm³/mol. The van der Waals surface area contributed by atoms with Crippen LogP contribution in [-0.4, -0.2) is 62.2 Å². The molecule has 1 aliphatic heterocycles. The van der Waals surface area contributed by atoms with E-state index in [1.807, 2.05) is 44.2 Å². The maximum Gasteiger partial charge on any atom is 0.250 e. The molecular weight excluding hydrogens is 472 g/mol. The Morgan fingerprint density at radius 2 is 1.86 bits per heavy atom. The van der Waals surface area contributed by atoms with E-state index in [0.717, 1.165) is 49.7 Å². The molecule has 2 atom stereocenters. The number of hydrogen-bond acceptors (Lipinski definition) is 7. The standard InChI is InChI=1S/C27H34N6O4/c1-18-9-12-20(13-10-18)26-29-31-33(30-26)17-24(34)32(16-22-8-5-15-36-22)25(23-14-11-19(2)37-23)27(35)28-21-6-3-4-7-21/h9-14,21-22,25H,3-8,15-17H2,1-2H3,(H,28,35)/t22-,25+/m1/s1. The Labute approximate surface area is 216 Å². The highest BCUT2D eigenvalue weighted by Gasteiger charge is 2.37. The second kappa shape index (κ2) is 11.2. The van der Waals surface area contributed by atoms with Crippen LogP contribution in [0.2, 0.25) is 0 Å². The molecule has 37 heavy (non-hydrogen) atoms. The number of furan rings is 1. The van der Waals surface area contributed by atoms with Crippen LogP contribution >= 0.6 is 0 Å². The summed E-state index contributed by atoms with van der Waals surface area (Å²) in [6.45, 7) is 4.61. The van der Waals surface area contributed by atoms with E-state index in [1.54, 1.807) is 11.0 Å². The third kappa shape index (κ3) is 6.07. The molecule has 2 aromatic heterocycles. The van der Waals surface area contributed by atoms with E-state index in [9.17, 15) is 9.59 Å². The van der Waals surface area contributed by atoms with Crippen LogP contribution in [0, 0.1) is 13.8 Å². The van der Waals surface area contributed by atoms with Crippen LogP contribution in [0.5, 0.6) is 0 Å². The number of hydrogen-bond donors (Lipinski definition) is 1. The van der Waals surface area contributed by atoms with Crippen molar-refractivity contribution in [2.45, 2.75) is 77.1 Å². The minimum absolute atomic E-state index is 0.111. The zero-order chi connectivity index (χ0) is 25.8. The largest absolute Gasteiger partial charge is 0.464 e. The van der Waals surface area contributed by atoms with Crippen LogP contribution in [0.15, 0.2) is 40.8 Å². The molecule has 10 nitrogen and oxygen atoms in total. The summed E-state index contributed by atoms with van der Waals surface area (Å²) in [6, 6.07) is 10.6. The van der Waals surface area contributed by atoms with Crippen molar-refractivity contribution in [1.82, 2.24) is 30.4 Å². The van der Waals surface area contributed by atoms with Crippen LogP contribution in [0.25, 0.3) is 11.4 Å². The lowest BCUT2D eigenvalue weighted by molar-refractivity contribution is -0.144. The van der Waals surface area contributed by atoms with Gasteiger partial charge in [-0.3, -0.25) is 9.59 Å². The fourth-order valence-electron chi connectivity index (χ4n) is 5.07. The van der Waals surface area contributed by atoms with Gasteiger partial charge in [-0.05, 0) is 56.9 Å². The highest BCUT2D eigenvalue weighted by atomic mass is 16.5. The minimum atomic E-state index is -0.911. The Morgan fingerprint density at radius 1 is 1.08 bits per heavy atom. The molecule has 1 saturated carbocycles. The lowest BCUT2D eigenvalue weighted by atomic mass is 10.1. The molecule has 0 spiro atoms. The molecule has 2 aliphatic rings. The van der Waals surface area contributed by atoms with Gasteiger partial charge < -0.3 is 19.4 Å². The summed E-state index contributed by atoms with van der Waals surface area (Å²) in [4.78, 5) is 30.3. The first-order valence-electron chi connectivity index (χ1n) is 13.1. The van der Waals surface area contributed by atoms with Gasteiger partial charge in [-0.1, -0.05) is 42.7 Å². The van der Waals surface area contributed by atoms with Gasteiger partial charge in [0.1, 0.15) is 18.1 Å². The van der Waals surface area contributed by atoms with Crippen LogP contribution < -0.4 is 5.32 Å². The maximum atomic E-state index is 13.8. The van der Waals surface area contributed by atoms with Crippen molar-refractivity contribution in [3.63, 3.8) is 0 Å². The van der Waals surface area contributed by atoms with Gasteiger partial charge in [-0.15, -0.1) is 10.2 Å². The molecule has 2 amide bonds. The molecular formula is C27H34N6O4. The zero-order valence-electron chi connectivity index (χ0n) is 21.4. The van der Waals surface area contributed by atoms with Crippen molar-refractivity contribution in [1.29, 1.82) is 0 Å². The average molecular weight is 507 g/mol. The summed E-state index contributed by atoms with van der Waals surface area (Å²) in [7, 11) is 0. The van der Waals surface area contributed by atoms with Crippen LogP contribution in [0.3, 0.4) is 0 Å². The van der Waals surface area contributed by atoms with Crippen LogP contribution in [-0.2, 0) is 20.9 Å². The number of ether oxygens (including phenoxy) is 1. The number of carbonyl (C=O) groups excluding carboxylic acids is 2. The fraction of sp³-hybridized carbons (Fsp3) is 0.519. The van der Waals surface area contributed by atoms with Crippen molar-refractivity contribution in [2.75, 3.05) is 13.2 Å². The van der Waals surface area contributed by atoms with Crippen LogP contribution in [0.4, 0.5) is 0 Å². The number of aromatic nitrogens is 4. The molecule has 5 rings (SSSR count). The number of tetrazole rings is 1. The lowest BCUT2D eigenvalue weighted by Crippen LogP contribution is -2.49. The summed E-state index contributed by atoms with van der Waals surface area (Å²) in [6.07, 6.45) is 5.69. The van der Waals surface area contributed by atoms with Crippen molar-refractivity contribution >= 4 is 11.8 Å². The Balaban J connectivity index is 1.40. The third-order valence-electron chi connectivity index (χ3n) is 7.08. The molecule has 3 heterocycles. The zero-order valence-corrected chi connectivity index (χ0v) is 21.4. The molecule has 1 N–H and O–H groups in total. The van der Waals surface area contributed by atoms with Gasteiger partial charge in [0.25, 0.3) is 5.91 Å². The number of benzene rings is 1. The van der Waals surface area contributed by atoms with Gasteiger partial charge in [0.15, 0.2) is 6.04 Å². The number of nitrogens with zero attached hydrogens (tertiary/aromatic N) is 5. The van der Waals surface area contributed by atoms with Crippen molar-refractivity contribution in [3.05, 3.63) is 53.5 Å². The van der Waals surface area contributed by atoms with E-state index in [-0.39, 0.29) is 37.0 Å². The molecule has 1 aliphatic carbocycles. The number of carbonyl (C=O) groups is 2. The van der Waals surface area contributed by atoms with E-state index in [4.69, 9.17) is 9.15 Å². The first kappa shape index (κ1) is 25.1. The van der Waals surface area contributed by atoms with Crippen molar-refractivity contribution in [2.24, 2.45) is 0 Å². The van der Waals surface area contributed by atoms with E-state index in [2.05, 4.69) is 20.7 Å². The molecule has 10 heteroatoms. The second-order valence-corrected chi connectivity index (χ2v) is 10.0. The summed E-state index contributed by atoms with van der Waals surface area (Å²) >= 11 is 0. The van der Waals surface area contributed by atoms with Gasteiger partial charge >= 0.3 is 0 Å². The smallest absolute Gasteiger partial charge is 0.250 e. The molecule has 0 radical (unpaired) electrons. The van der Waals surface area contributed by atoms with Gasteiger partial charge in [0, 0.05) is 24.8 Å². The van der Waals surface area contributed by atoms with Crippen molar-refractivity contribution < 1.29 is 18.7 Å². The summed E-state index contributed by atoms with van der Waals surface area (Å²) in [5, 5.41) is 15.8. The molecule has 3 aromatic rings. The molecule has 1 saturated heterocycles. The summed E-state index contributed by atoms with van der Waals surface area (Å²) in [5.41, 5.74) is 1.95. The Kier molecular flexibility index (Phi) is 7.64. The first-order chi connectivity index (χ1) is 18.0. The van der Waals surface area contributed by atoms with Crippen molar-refractivity contribution in [3.8, 4) is 11.4 Å². The van der Waals surface area contributed by atoms with Crippen LogP contribution in [0.1, 0.15) is 61.7 Å². The first-order valence-corrected chi connectivity index (χ1v) is 13.1. The SMILES string of the molecule is Cc1ccc(-c2nnn(CC(=O)N(C[C@H]3CCCO3)[C@H](C(=O)NC3CCCC3)c3ccc(C)o3)n2)cc1. The maximum absolute atomic E-state index is 13.8. The molecule has 0 unspecified atom stereocenters. The van der Waals surface area contributed by atoms with Gasteiger partial charge in [-0.2, -0.15) is 4.80 Å². The molecule has 196 valence electrons.